The second-order valence-corrected chi connectivity index (χ2v) is 7.69. The predicted molar refractivity (Wildman–Crippen MR) is 99.6 cm³/mol. The molecular weight excluding hydrogens is 348 g/mol. The third-order valence-electron chi connectivity index (χ3n) is 4.65. The molecule has 1 atom stereocenters. The molecular formula is C19H20N4O2S. The Morgan fingerprint density at radius 1 is 1.19 bits per heavy atom. The van der Waals surface area contributed by atoms with Gasteiger partial charge in [-0.1, -0.05) is 36.0 Å². The third-order valence-corrected chi connectivity index (χ3v) is 5.77. The molecule has 2 aromatic heterocycles. The monoisotopic (exact) mass is 368 g/mol. The van der Waals surface area contributed by atoms with E-state index >= 15 is 0 Å². The van der Waals surface area contributed by atoms with Gasteiger partial charge in [-0.2, -0.15) is 0 Å². The second kappa shape index (κ2) is 6.99. The Morgan fingerprint density at radius 2 is 2.00 bits per heavy atom. The molecule has 0 spiro atoms. The maximum atomic E-state index is 12.9. The standard InChI is InChI=1S/C19H20N4O2S/c1-13(18(24)23-10-9-14-6-3-4-7-15(14)12-23)26-19-21-20-17(22(19)2)16-8-5-11-25-16/h3-8,11,13H,9-10,12H2,1-2H3/t13-/m1/s1. The zero-order valence-electron chi connectivity index (χ0n) is 14.8. The summed E-state index contributed by atoms with van der Waals surface area (Å²) >= 11 is 1.43. The number of hydrogen-bond donors (Lipinski definition) is 0. The van der Waals surface area contributed by atoms with Crippen LogP contribution in [0, 0.1) is 0 Å². The van der Waals surface area contributed by atoms with Crippen LogP contribution in [0.1, 0.15) is 18.1 Å². The summed E-state index contributed by atoms with van der Waals surface area (Å²) in [6, 6.07) is 12.0. The maximum absolute atomic E-state index is 12.9. The van der Waals surface area contributed by atoms with E-state index in [9.17, 15) is 4.79 Å². The van der Waals surface area contributed by atoms with E-state index in [1.807, 2.05) is 41.6 Å². The normalized spacial score (nSPS) is 14.9. The quantitative estimate of drug-likeness (QED) is 0.662. The first-order valence-electron chi connectivity index (χ1n) is 8.59. The molecule has 3 aromatic rings. The number of aromatic nitrogens is 3. The predicted octanol–water partition coefficient (Wildman–Crippen LogP) is 3.14. The Balaban J connectivity index is 1.46. The van der Waals surface area contributed by atoms with Crippen molar-refractivity contribution < 1.29 is 9.21 Å². The summed E-state index contributed by atoms with van der Waals surface area (Å²) in [7, 11) is 1.88. The topological polar surface area (TPSA) is 64.2 Å². The molecule has 0 radical (unpaired) electrons. The van der Waals surface area contributed by atoms with Crippen molar-refractivity contribution in [2.45, 2.75) is 30.3 Å². The molecule has 0 saturated heterocycles. The van der Waals surface area contributed by atoms with Gasteiger partial charge in [0.05, 0.1) is 11.5 Å². The van der Waals surface area contributed by atoms with Gasteiger partial charge in [0.1, 0.15) is 0 Å². The number of hydrogen-bond acceptors (Lipinski definition) is 5. The largest absolute Gasteiger partial charge is 0.461 e. The van der Waals surface area contributed by atoms with Crippen molar-refractivity contribution in [3.05, 3.63) is 53.8 Å². The van der Waals surface area contributed by atoms with Crippen molar-refractivity contribution >= 4 is 17.7 Å². The molecule has 0 fully saturated rings. The summed E-state index contributed by atoms with van der Waals surface area (Å²) < 4.78 is 7.25. The number of rotatable bonds is 4. The lowest BCUT2D eigenvalue weighted by atomic mass is 10.00. The fraction of sp³-hybridized carbons (Fsp3) is 0.316. The van der Waals surface area contributed by atoms with Crippen LogP contribution in [0.15, 0.2) is 52.2 Å². The van der Waals surface area contributed by atoms with Gasteiger partial charge >= 0.3 is 0 Å². The van der Waals surface area contributed by atoms with E-state index in [2.05, 4.69) is 28.4 Å². The molecule has 0 saturated carbocycles. The third kappa shape index (κ3) is 3.14. The van der Waals surface area contributed by atoms with Gasteiger partial charge in [0.25, 0.3) is 0 Å². The Kier molecular flexibility index (Phi) is 4.55. The molecule has 0 aliphatic carbocycles. The molecule has 1 aromatic carbocycles. The van der Waals surface area contributed by atoms with Crippen LogP contribution >= 0.6 is 11.8 Å². The van der Waals surface area contributed by atoms with Gasteiger partial charge in [0.2, 0.25) is 5.91 Å². The SMILES string of the molecule is C[C@@H](Sc1nnc(-c2ccco2)n1C)C(=O)N1CCc2ccccc2C1. The molecule has 3 heterocycles. The van der Waals surface area contributed by atoms with Crippen molar-refractivity contribution in [2.24, 2.45) is 7.05 Å². The molecule has 1 amide bonds. The highest BCUT2D eigenvalue weighted by Crippen LogP contribution is 2.28. The number of furan rings is 1. The summed E-state index contributed by atoms with van der Waals surface area (Å²) in [5.74, 6) is 1.45. The number of carbonyl (C=O) groups excluding carboxylic acids is 1. The lowest BCUT2D eigenvalue weighted by Crippen LogP contribution is -2.40. The smallest absolute Gasteiger partial charge is 0.236 e. The molecule has 7 heteroatoms. The first kappa shape index (κ1) is 16.9. The molecule has 4 rings (SSSR count). The van der Waals surface area contributed by atoms with Crippen LogP contribution in [-0.2, 0) is 24.8 Å². The molecule has 134 valence electrons. The highest BCUT2D eigenvalue weighted by molar-refractivity contribution is 8.00. The fourth-order valence-electron chi connectivity index (χ4n) is 3.19. The van der Waals surface area contributed by atoms with Crippen LogP contribution in [0.5, 0.6) is 0 Å². The Hall–Kier alpha value is -2.54. The van der Waals surface area contributed by atoms with Crippen LogP contribution in [0.3, 0.4) is 0 Å². The Bertz CT molecular complexity index is 920. The van der Waals surface area contributed by atoms with E-state index in [0.717, 1.165) is 13.0 Å². The van der Waals surface area contributed by atoms with Crippen LogP contribution in [0.4, 0.5) is 0 Å². The highest BCUT2D eigenvalue weighted by atomic mass is 32.2. The molecule has 0 unspecified atom stereocenters. The zero-order valence-corrected chi connectivity index (χ0v) is 15.6. The van der Waals surface area contributed by atoms with Crippen molar-refractivity contribution in [3.63, 3.8) is 0 Å². The summed E-state index contributed by atoms with van der Waals surface area (Å²) in [4.78, 5) is 14.8. The zero-order chi connectivity index (χ0) is 18.1. The molecule has 6 nitrogen and oxygen atoms in total. The van der Waals surface area contributed by atoms with Crippen molar-refractivity contribution in [2.75, 3.05) is 6.54 Å². The van der Waals surface area contributed by atoms with Gasteiger partial charge in [0, 0.05) is 20.1 Å². The second-order valence-electron chi connectivity index (χ2n) is 6.38. The lowest BCUT2D eigenvalue weighted by molar-refractivity contribution is -0.131. The van der Waals surface area contributed by atoms with E-state index in [1.165, 1.54) is 22.9 Å². The number of thioether (sulfide) groups is 1. The van der Waals surface area contributed by atoms with E-state index in [1.54, 1.807) is 6.26 Å². The molecule has 1 aliphatic heterocycles. The van der Waals surface area contributed by atoms with E-state index in [4.69, 9.17) is 4.42 Å². The first-order valence-corrected chi connectivity index (χ1v) is 9.47. The average Bonchev–Trinajstić information content (AvgIpc) is 3.31. The van der Waals surface area contributed by atoms with Crippen LogP contribution in [-0.4, -0.2) is 37.4 Å². The van der Waals surface area contributed by atoms with Crippen molar-refractivity contribution in [1.29, 1.82) is 0 Å². The number of carbonyl (C=O) groups is 1. The van der Waals surface area contributed by atoms with Gasteiger partial charge in [-0.3, -0.25) is 4.79 Å². The van der Waals surface area contributed by atoms with Gasteiger partial charge in [-0.15, -0.1) is 10.2 Å². The number of nitrogens with zero attached hydrogens (tertiary/aromatic N) is 4. The average molecular weight is 368 g/mol. The summed E-state index contributed by atoms with van der Waals surface area (Å²) in [5, 5.41) is 8.88. The van der Waals surface area contributed by atoms with Gasteiger partial charge in [-0.05, 0) is 36.6 Å². The van der Waals surface area contributed by atoms with Crippen molar-refractivity contribution in [3.8, 4) is 11.6 Å². The molecule has 0 bridgehead atoms. The number of benzene rings is 1. The minimum atomic E-state index is -0.229. The molecule has 26 heavy (non-hydrogen) atoms. The van der Waals surface area contributed by atoms with Gasteiger partial charge < -0.3 is 13.9 Å². The lowest BCUT2D eigenvalue weighted by Gasteiger charge is -2.30. The summed E-state index contributed by atoms with van der Waals surface area (Å²) in [6.07, 6.45) is 2.52. The molecule has 0 N–H and O–H groups in total. The number of fused-ring (bicyclic) bond motifs is 1. The minimum Gasteiger partial charge on any atom is -0.461 e. The first-order chi connectivity index (χ1) is 12.6. The van der Waals surface area contributed by atoms with Crippen LogP contribution in [0.25, 0.3) is 11.6 Å². The fourth-order valence-corrected chi connectivity index (χ4v) is 4.09. The maximum Gasteiger partial charge on any atom is 0.236 e. The number of amides is 1. The Morgan fingerprint density at radius 3 is 2.77 bits per heavy atom. The van der Waals surface area contributed by atoms with Crippen LogP contribution < -0.4 is 0 Å². The van der Waals surface area contributed by atoms with Gasteiger partial charge in [0.15, 0.2) is 16.7 Å². The van der Waals surface area contributed by atoms with E-state index in [0.29, 0.717) is 23.3 Å². The van der Waals surface area contributed by atoms with Crippen molar-refractivity contribution in [1.82, 2.24) is 19.7 Å². The summed E-state index contributed by atoms with van der Waals surface area (Å²) in [6.45, 7) is 3.36. The molecule has 1 aliphatic rings. The van der Waals surface area contributed by atoms with E-state index < -0.39 is 0 Å². The van der Waals surface area contributed by atoms with E-state index in [-0.39, 0.29) is 11.2 Å². The Labute approximate surface area is 156 Å². The van der Waals surface area contributed by atoms with Crippen LogP contribution in [0.2, 0.25) is 0 Å². The minimum absolute atomic E-state index is 0.132. The highest BCUT2D eigenvalue weighted by Gasteiger charge is 2.27. The van der Waals surface area contributed by atoms with Gasteiger partial charge in [-0.25, -0.2) is 0 Å². The summed E-state index contributed by atoms with van der Waals surface area (Å²) in [5.41, 5.74) is 2.58.